The molecule has 1 aliphatic heterocycles. The van der Waals surface area contributed by atoms with E-state index in [2.05, 4.69) is 53.8 Å². The maximum Gasteiger partial charge on any atom is 0.0733 e. The second-order valence-electron chi connectivity index (χ2n) is 4.56. The molecule has 0 amide bonds. The van der Waals surface area contributed by atoms with Gasteiger partial charge in [0.15, 0.2) is 0 Å². The molecule has 0 radical (unpaired) electrons. The van der Waals surface area contributed by atoms with Crippen molar-refractivity contribution in [1.82, 2.24) is 0 Å². The normalized spacial score (nSPS) is 26.9. The predicted molar refractivity (Wildman–Crippen MR) is 74.4 cm³/mol. The van der Waals surface area contributed by atoms with Gasteiger partial charge in [-0.15, -0.1) is 0 Å². The van der Waals surface area contributed by atoms with Crippen LogP contribution < -0.4 is 5.73 Å². The molecule has 1 aromatic rings. The van der Waals surface area contributed by atoms with E-state index in [9.17, 15) is 0 Å². The molecule has 0 aromatic heterocycles. The molecule has 0 aliphatic carbocycles. The summed E-state index contributed by atoms with van der Waals surface area (Å²) < 4.78 is 7.06. The van der Waals surface area contributed by atoms with Crippen molar-refractivity contribution in [3.63, 3.8) is 0 Å². The highest BCUT2D eigenvalue weighted by molar-refractivity contribution is 14.1. The fraction of sp³-hybridized carbons (Fsp3) is 0.538. The number of halogens is 1. The first-order chi connectivity index (χ1) is 7.65. The van der Waals surface area contributed by atoms with E-state index in [1.54, 1.807) is 0 Å². The van der Waals surface area contributed by atoms with Crippen LogP contribution in [-0.2, 0) is 11.2 Å². The van der Waals surface area contributed by atoms with Crippen molar-refractivity contribution in [1.29, 1.82) is 0 Å². The fourth-order valence-corrected chi connectivity index (χ4v) is 2.53. The highest BCUT2D eigenvalue weighted by Gasteiger charge is 2.27. The molecule has 2 N–H and O–H groups in total. The summed E-state index contributed by atoms with van der Waals surface area (Å²) in [5.74, 6) is 0. The van der Waals surface area contributed by atoms with Gasteiger partial charge in [-0.25, -0.2) is 0 Å². The lowest BCUT2D eigenvalue weighted by Gasteiger charge is -2.19. The molecule has 1 saturated heterocycles. The van der Waals surface area contributed by atoms with E-state index < -0.39 is 0 Å². The molecular formula is C13H18INO. The Hall–Kier alpha value is -0.130. The number of benzene rings is 1. The summed E-state index contributed by atoms with van der Waals surface area (Å²) in [6, 6.07) is 8.69. The Morgan fingerprint density at radius 2 is 2.06 bits per heavy atom. The second-order valence-corrected chi connectivity index (χ2v) is 5.80. The van der Waals surface area contributed by atoms with Crippen molar-refractivity contribution >= 4 is 22.6 Å². The Kier molecular flexibility index (Phi) is 4.21. The summed E-state index contributed by atoms with van der Waals surface area (Å²) in [4.78, 5) is 0. The quantitative estimate of drug-likeness (QED) is 0.865. The van der Waals surface area contributed by atoms with E-state index in [1.807, 2.05) is 0 Å². The molecule has 2 nitrogen and oxygen atoms in total. The third-order valence-electron chi connectivity index (χ3n) is 3.13. The smallest absolute Gasteiger partial charge is 0.0733 e. The summed E-state index contributed by atoms with van der Waals surface area (Å²) in [6.07, 6.45) is 3.79. The summed E-state index contributed by atoms with van der Waals surface area (Å²) in [7, 11) is 0. The van der Waals surface area contributed by atoms with E-state index in [0.717, 1.165) is 19.3 Å². The molecule has 0 bridgehead atoms. The number of ether oxygens (including phenoxy) is 1. The molecule has 1 aliphatic rings. The average Bonchev–Trinajstić information content (AvgIpc) is 2.68. The predicted octanol–water partition coefficient (Wildman–Crippen LogP) is 2.73. The van der Waals surface area contributed by atoms with Gasteiger partial charge in [0.1, 0.15) is 0 Å². The van der Waals surface area contributed by atoms with Gasteiger partial charge in [0.25, 0.3) is 0 Å². The first-order valence-electron chi connectivity index (χ1n) is 5.80. The van der Waals surface area contributed by atoms with Crippen molar-refractivity contribution in [2.75, 3.05) is 0 Å². The van der Waals surface area contributed by atoms with Crippen LogP contribution in [0, 0.1) is 3.57 Å². The Morgan fingerprint density at radius 1 is 1.38 bits per heavy atom. The van der Waals surface area contributed by atoms with Gasteiger partial charge in [-0.1, -0.05) is 12.1 Å². The van der Waals surface area contributed by atoms with Gasteiger partial charge in [0, 0.05) is 9.61 Å². The number of hydrogen-bond acceptors (Lipinski definition) is 2. The molecular weight excluding hydrogens is 313 g/mol. The van der Waals surface area contributed by atoms with Gasteiger partial charge < -0.3 is 10.5 Å². The number of rotatable bonds is 3. The summed E-state index contributed by atoms with van der Waals surface area (Å²) in [6.45, 7) is 2.12. The van der Waals surface area contributed by atoms with Crippen LogP contribution in [0.5, 0.6) is 0 Å². The van der Waals surface area contributed by atoms with Crippen LogP contribution >= 0.6 is 22.6 Å². The lowest BCUT2D eigenvalue weighted by molar-refractivity contribution is 0.0404. The Labute approximate surface area is 111 Å². The molecule has 0 spiro atoms. The Morgan fingerprint density at radius 3 is 2.62 bits per heavy atom. The van der Waals surface area contributed by atoms with Gasteiger partial charge in [0.05, 0.1) is 12.2 Å². The molecule has 3 atom stereocenters. The van der Waals surface area contributed by atoms with Crippen LogP contribution in [0.2, 0.25) is 0 Å². The van der Waals surface area contributed by atoms with Crippen LogP contribution in [0.25, 0.3) is 0 Å². The Balaban J connectivity index is 1.91. The van der Waals surface area contributed by atoms with E-state index in [4.69, 9.17) is 10.5 Å². The fourth-order valence-electron chi connectivity index (χ4n) is 2.17. The zero-order chi connectivity index (χ0) is 11.5. The van der Waals surface area contributed by atoms with Gasteiger partial charge in [0.2, 0.25) is 0 Å². The van der Waals surface area contributed by atoms with Crippen molar-refractivity contribution in [2.24, 2.45) is 5.73 Å². The van der Waals surface area contributed by atoms with E-state index >= 15 is 0 Å². The van der Waals surface area contributed by atoms with Crippen molar-refractivity contribution < 1.29 is 4.74 Å². The molecule has 0 saturated carbocycles. The summed E-state index contributed by atoms with van der Waals surface area (Å²) in [5, 5.41) is 0. The molecule has 3 unspecified atom stereocenters. The second kappa shape index (κ2) is 5.47. The van der Waals surface area contributed by atoms with Gasteiger partial charge in [-0.3, -0.25) is 0 Å². The zero-order valence-corrected chi connectivity index (χ0v) is 11.7. The molecule has 88 valence electrons. The highest BCUT2D eigenvalue weighted by atomic mass is 127. The molecule has 1 heterocycles. The lowest BCUT2D eigenvalue weighted by atomic mass is 10.0. The lowest BCUT2D eigenvalue weighted by Crippen LogP contribution is -2.36. The SMILES string of the molecule is CC1CCC(C(N)Cc2ccc(I)cc2)O1. The van der Waals surface area contributed by atoms with Crippen molar-refractivity contribution in [3.05, 3.63) is 33.4 Å². The average molecular weight is 331 g/mol. The maximum absolute atomic E-state index is 6.18. The minimum Gasteiger partial charge on any atom is -0.374 e. The monoisotopic (exact) mass is 331 g/mol. The first kappa shape index (κ1) is 12.3. The maximum atomic E-state index is 6.18. The highest BCUT2D eigenvalue weighted by Crippen LogP contribution is 2.22. The minimum atomic E-state index is 0.130. The topological polar surface area (TPSA) is 35.2 Å². The summed E-state index contributed by atoms with van der Waals surface area (Å²) >= 11 is 2.32. The minimum absolute atomic E-state index is 0.130. The molecule has 16 heavy (non-hydrogen) atoms. The first-order valence-corrected chi connectivity index (χ1v) is 6.88. The third kappa shape index (κ3) is 3.18. The van der Waals surface area contributed by atoms with Crippen LogP contribution in [0.4, 0.5) is 0 Å². The van der Waals surface area contributed by atoms with Crippen molar-refractivity contribution in [3.8, 4) is 0 Å². The van der Waals surface area contributed by atoms with Crippen LogP contribution in [-0.4, -0.2) is 18.2 Å². The third-order valence-corrected chi connectivity index (χ3v) is 3.85. The number of hydrogen-bond donors (Lipinski definition) is 1. The molecule has 2 rings (SSSR count). The molecule has 1 aromatic carbocycles. The summed E-state index contributed by atoms with van der Waals surface area (Å²) in [5.41, 5.74) is 7.49. The van der Waals surface area contributed by atoms with Gasteiger partial charge >= 0.3 is 0 Å². The number of nitrogens with two attached hydrogens (primary N) is 1. The van der Waals surface area contributed by atoms with E-state index in [-0.39, 0.29) is 12.1 Å². The molecule has 3 heteroatoms. The largest absolute Gasteiger partial charge is 0.374 e. The van der Waals surface area contributed by atoms with Gasteiger partial charge in [-0.2, -0.15) is 0 Å². The van der Waals surface area contributed by atoms with E-state index in [1.165, 1.54) is 9.13 Å². The van der Waals surface area contributed by atoms with Crippen LogP contribution in [0.1, 0.15) is 25.3 Å². The van der Waals surface area contributed by atoms with Crippen LogP contribution in [0.3, 0.4) is 0 Å². The van der Waals surface area contributed by atoms with Crippen molar-refractivity contribution in [2.45, 2.75) is 44.4 Å². The van der Waals surface area contributed by atoms with E-state index in [0.29, 0.717) is 6.10 Å². The standard InChI is InChI=1S/C13H18INO/c1-9-2-7-13(16-9)12(15)8-10-3-5-11(14)6-4-10/h3-6,9,12-13H,2,7-8,15H2,1H3. The zero-order valence-electron chi connectivity index (χ0n) is 9.53. The molecule has 1 fully saturated rings. The Bertz CT molecular complexity index is 338. The van der Waals surface area contributed by atoms with Crippen LogP contribution in [0.15, 0.2) is 24.3 Å². The van der Waals surface area contributed by atoms with Gasteiger partial charge in [-0.05, 0) is 66.5 Å².